The summed E-state index contributed by atoms with van der Waals surface area (Å²) in [6.07, 6.45) is 0. The highest BCUT2D eigenvalue weighted by Crippen LogP contribution is 2.35. The maximum atomic E-state index is 12.7. The first-order valence-corrected chi connectivity index (χ1v) is 8.66. The van der Waals surface area contributed by atoms with Gasteiger partial charge in [0.2, 0.25) is 10.0 Å². The zero-order valence-electron chi connectivity index (χ0n) is 11.5. The smallest absolute Gasteiger partial charge is 0.322 e. The average Bonchev–Trinajstić information content (AvgIpc) is 2.81. The molecule has 112 valence electrons. The van der Waals surface area contributed by atoms with E-state index in [1.165, 1.54) is 30.0 Å². The van der Waals surface area contributed by atoms with Crippen LogP contribution in [0.2, 0.25) is 0 Å². The van der Waals surface area contributed by atoms with Crippen LogP contribution in [-0.2, 0) is 14.8 Å². The topological polar surface area (TPSA) is 98.5 Å². The normalized spacial score (nSPS) is 22.9. The average molecular weight is 326 g/mol. The predicted octanol–water partition coefficient (Wildman–Crippen LogP) is 1.40. The molecule has 0 bridgehead atoms. The molecule has 0 aliphatic carbocycles. The lowest BCUT2D eigenvalue weighted by Crippen LogP contribution is -2.44. The molecule has 0 amide bonds. The Morgan fingerprint density at radius 2 is 2.19 bits per heavy atom. The summed E-state index contributed by atoms with van der Waals surface area (Å²) in [4.78, 5) is 11.3. The number of sulfonamides is 1. The van der Waals surface area contributed by atoms with Crippen LogP contribution in [0.1, 0.15) is 18.1 Å². The summed E-state index contributed by atoms with van der Waals surface area (Å²) < 4.78 is 26.5. The third-order valence-corrected chi connectivity index (χ3v) is 6.80. The molecule has 1 N–H and O–H groups in total. The van der Waals surface area contributed by atoms with Gasteiger partial charge in [0.15, 0.2) is 0 Å². The second-order valence-corrected chi connectivity index (χ2v) is 7.87. The summed E-state index contributed by atoms with van der Waals surface area (Å²) in [5.41, 5.74) is 0.798. The van der Waals surface area contributed by atoms with Gasteiger partial charge in [-0.3, -0.25) is 4.79 Å². The fraction of sp³-hybridized carbons (Fsp3) is 0.385. The van der Waals surface area contributed by atoms with Crippen LogP contribution in [0.4, 0.5) is 0 Å². The number of thioether (sulfide) groups is 1. The molecular formula is C13H14N2O4S2. The van der Waals surface area contributed by atoms with E-state index in [1.54, 1.807) is 13.8 Å². The largest absolute Gasteiger partial charge is 0.480 e. The molecule has 0 radical (unpaired) electrons. The summed E-state index contributed by atoms with van der Waals surface area (Å²) in [5, 5.41) is 17.6. The Morgan fingerprint density at radius 3 is 2.71 bits per heavy atom. The van der Waals surface area contributed by atoms with E-state index in [1.807, 2.05) is 6.07 Å². The van der Waals surface area contributed by atoms with Crippen molar-refractivity contribution in [3.05, 3.63) is 29.3 Å². The van der Waals surface area contributed by atoms with Gasteiger partial charge >= 0.3 is 5.97 Å². The van der Waals surface area contributed by atoms with Crippen LogP contribution in [0.5, 0.6) is 0 Å². The Bertz CT molecular complexity index is 724. The van der Waals surface area contributed by atoms with E-state index in [4.69, 9.17) is 5.26 Å². The first kappa shape index (κ1) is 15.8. The number of carboxylic acid groups (broad SMARTS) is 1. The number of nitriles is 1. The van der Waals surface area contributed by atoms with E-state index >= 15 is 0 Å². The predicted molar refractivity (Wildman–Crippen MR) is 78.3 cm³/mol. The van der Waals surface area contributed by atoms with Crippen LogP contribution in [0.3, 0.4) is 0 Å². The van der Waals surface area contributed by atoms with Crippen molar-refractivity contribution < 1.29 is 18.3 Å². The second-order valence-electron chi connectivity index (χ2n) is 4.71. The number of carboxylic acids is 1. The number of benzene rings is 1. The van der Waals surface area contributed by atoms with Crippen LogP contribution >= 0.6 is 11.8 Å². The minimum Gasteiger partial charge on any atom is -0.480 e. The Morgan fingerprint density at radius 1 is 1.52 bits per heavy atom. The summed E-state index contributed by atoms with van der Waals surface area (Å²) in [7, 11) is -3.92. The van der Waals surface area contributed by atoms with E-state index in [9.17, 15) is 18.3 Å². The molecule has 1 saturated heterocycles. The number of hydrogen-bond acceptors (Lipinski definition) is 5. The number of nitrogens with zero attached hydrogens (tertiary/aromatic N) is 2. The molecule has 6 nitrogen and oxygen atoms in total. The van der Waals surface area contributed by atoms with Crippen molar-refractivity contribution in [1.29, 1.82) is 5.26 Å². The minimum absolute atomic E-state index is 0.0436. The van der Waals surface area contributed by atoms with Gasteiger partial charge in [-0.25, -0.2) is 8.42 Å². The lowest BCUT2D eigenvalue weighted by atomic mass is 10.2. The monoisotopic (exact) mass is 326 g/mol. The molecule has 8 heteroatoms. The lowest BCUT2D eigenvalue weighted by molar-refractivity contribution is -0.140. The van der Waals surface area contributed by atoms with Gasteiger partial charge in [-0.05, 0) is 37.6 Å². The number of hydrogen-bond donors (Lipinski definition) is 1. The van der Waals surface area contributed by atoms with Gasteiger partial charge in [-0.15, -0.1) is 11.8 Å². The molecule has 1 aromatic carbocycles. The maximum absolute atomic E-state index is 12.7. The summed E-state index contributed by atoms with van der Waals surface area (Å²) in [5.74, 6) is -0.924. The van der Waals surface area contributed by atoms with E-state index in [0.717, 1.165) is 4.31 Å². The number of aryl methyl sites for hydroxylation is 1. The van der Waals surface area contributed by atoms with Crippen molar-refractivity contribution in [2.75, 3.05) is 5.75 Å². The summed E-state index contributed by atoms with van der Waals surface area (Å²) >= 11 is 1.29. The Labute approximate surface area is 127 Å². The van der Waals surface area contributed by atoms with Crippen molar-refractivity contribution in [3.63, 3.8) is 0 Å². The van der Waals surface area contributed by atoms with Crippen molar-refractivity contribution >= 4 is 27.8 Å². The highest BCUT2D eigenvalue weighted by molar-refractivity contribution is 8.01. The molecule has 1 aliphatic heterocycles. The fourth-order valence-corrected chi connectivity index (χ4v) is 5.79. The molecule has 2 rings (SSSR count). The molecule has 2 unspecified atom stereocenters. The van der Waals surface area contributed by atoms with Crippen LogP contribution < -0.4 is 0 Å². The van der Waals surface area contributed by atoms with Crippen molar-refractivity contribution in [1.82, 2.24) is 4.31 Å². The second kappa shape index (κ2) is 5.67. The Balaban J connectivity index is 2.51. The van der Waals surface area contributed by atoms with Gasteiger partial charge in [-0.2, -0.15) is 9.57 Å². The molecule has 1 aliphatic rings. The Kier molecular flexibility index (Phi) is 4.27. The third-order valence-electron chi connectivity index (χ3n) is 3.31. The zero-order valence-corrected chi connectivity index (χ0v) is 13.1. The highest BCUT2D eigenvalue weighted by Gasteiger charge is 2.44. The van der Waals surface area contributed by atoms with Crippen molar-refractivity contribution in [3.8, 4) is 6.07 Å². The van der Waals surface area contributed by atoms with Gasteiger partial charge in [-0.1, -0.05) is 0 Å². The standard InChI is InChI=1S/C13H14N2O4S2/c1-8-5-10(6-14)3-4-12(8)21(18,19)15-9(2)20-7-11(15)13(16)17/h3-5,9,11H,7H2,1-2H3,(H,16,17). The van der Waals surface area contributed by atoms with Crippen LogP contribution in [0, 0.1) is 18.3 Å². The number of rotatable bonds is 3. The highest BCUT2D eigenvalue weighted by atomic mass is 32.2. The fourth-order valence-electron chi connectivity index (χ4n) is 2.30. The summed E-state index contributed by atoms with van der Waals surface area (Å²) in [6.45, 7) is 3.27. The van der Waals surface area contributed by atoms with Gasteiger partial charge in [0.1, 0.15) is 6.04 Å². The third kappa shape index (κ3) is 2.77. The lowest BCUT2D eigenvalue weighted by Gasteiger charge is -2.25. The van der Waals surface area contributed by atoms with Crippen LogP contribution in [0.15, 0.2) is 23.1 Å². The molecule has 1 aromatic rings. The maximum Gasteiger partial charge on any atom is 0.322 e. The zero-order chi connectivity index (χ0) is 15.8. The molecular weight excluding hydrogens is 312 g/mol. The molecule has 0 spiro atoms. The van der Waals surface area contributed by atoms with E-state index in [2.05, 4.69) is 0 Å². The van der Waals surface area contributed by atoms with E-state index < -0.39 is 27.4 Å². The quantitative estimate of drug-likeness (QED) is 0.901. The Hall–Kier alpha value is -1.56. The first-order valence-electron chi connectivity index (χ1n) is 6.17. The van der Waals surface area contributed by atoms with Gasteiger partial charge < -0.3 is 5.11 Å². The molecule has 0 aromatic heterocycles. The summed E-state index contributed by atoms with van der Waals surface area (Å²) in [6, 6.07) is 5.14. The van der Waals surface area contributed by atoms with Crippen LogP contribution in [-0.4, -0.2) is 41.0 Å². The number of carbonyl (C=O) groups is 1. The molecule has 0 saturated carbocycles. The molecule has 21 heavy (non-hydrogen) atoms. The molecule has 1 fully saturated rings. The van der Waals surface area contributed by atoms with Gasteiger partial charge in [0.05, 0.1) is 21.9 Å². The first-order chi connectivity index (χ1) is 9.78. The van der Waals surface area contributed by atoms with Crippen molar-refractivity contribution in [2.45, 2.75) is 30.2 Å². The van der Waals surface area contributed by atoms with Gasteiger partial charge in [0.25, 0.3) is 0 Å². The molecule has 2 atom stereocenters. The van der Waals surface area contributed by atoms with E-state index in [-0.39, 0.29) is 10.6 Å². The number of aliphatic carboxylic acids is 1. The molecule has 1 heterocycles. The van der Waals surface area contributed by atoms with Gasteiger partial charge in [0, 0.05) is 5.75 Å². The van der Waals surface area contributed by atoms with E-state index in [0.29, 0.717) is 11.1 Å². The SMILES string of the molecule is Cc1cc(C#N)ccc1S(=O)(=O)N1C(C)SCC1C(=O)O. The minimum atomic E-state index is -3.92. The van der Waals surface area contributed by atoms with Crippen molar-refractivity contribution in [2.24, 2.45) is 0 Å². The van der Waals surface area contributed by atoms with Crippen LogP contribution in [0.25, 0.3) is 0 Å².